The van der Waals surface area contributed by atoms with Crippen molar-refractivity contribution in [3.63, 3.8) is 0 Å². The van der Waals surface area contributed by atoms with Crippen molar-refractivity contribution in [1.29, 1.82) is 0 Å². The van der Waals surface area contributed by atoms with Crippen molar-refractivity contribution in [1.82, 2.24) is 15.2 Å². The van der Waals surface area contributed by atoms with Crippen LogP contribution in [0.15, 0.2) is 42.6 Å². The van der Waals surface area contributed by atoms with Crippen LogP contribution in [-0.2, 0) is 6.54 Å². The standard InChI is InChI=1S/C19H19N5O4/c1-25-13-4-6-15(26-2)14(8-13)22-19-23-18(10-21-24-19)20-9-12-3-5-16-17(7-12)28-11-27-16/h3-8,10H,9,11H2,1-2H3,(H2,20,22,23,24). The molecule has 144 valence electrons. The highest BCUT2D eigenvalue weighted by Crippen LogP contribution is 2.33. The lowest BCUT2D eigenvalue weighted by Gasteiger charge is -2.12. The first-order valence-electron chi connectivity index (χ1n) is 8.56. The van der Waals surface area contributed by atoms with Gasteiger partial charge in [0, 0.05) is 12.6 Å². The number of benzene rings is 2. The van der Waals surface area contributed by atoms with E-state index in [4.69, 9.17) is 18.9 Å². The maximum absolute atomic E-state index is 5.40. The number of hydrogen-bond acceptors (Lipinski definition) is 9. The van der Waals surface area contributed by atoms with Crippen molar-refractivity contribution in [3.05, 3.63) is 48.2 Å². The van der Waals surface area contributed by atoms with E-state index in [-0.39, 0.29) is 6.79 Å². The van der Waals surface area contributed by atoms with Gasteiger partial charge in [-0.1, -0.05) is 6.07 Å². The predicted molar refractivity (Wildman–Crippen MR) is 103 cm³/mol. The lowest BCUT2D eigenvalue weighted by Crippen LogP contribution is -2.06. The highest BCUT2D eigenvalue weighted by Gasteiger charge is 2.13. The molecule has 0 radical (unpaired) electrons. The smallest absolute Gasteiger partial charge is 0.249 e. The van der Waals surface area contributed by atoms with Crippen molar-refractivity contribution in [2.45, 2.75) is 6.54 Å². The molecule has 1 aromatic heterocycles. The first-order chi connectivity index (χ1) is 13.7. The molecule has 9 nitrogen and oxygen atoms in total. The molecular formula is C19H19N5O4. The van der Waals surface area contributed by atoms with E-state index in [1.807, 2.05) is 24.3 Å². The molecule has 1 aliphatic rings. The van der Waals surface area contributed by atoms with E-state index in [2.05, 4.69) is 25.8 Å². The lowest BCUT2D eigenvalue weighted by molar-refractivity contribution is 0.174. The van der Waals surface area contributed by atoms with Gasteiger partial charge >= 0.3 is 0 Å². The Hall–Kier alpha value is -3.75. The third-order valence-electron chi connectivity index (χ3n) is 4.12. The summed E-state index contributed by atoms with van der Waals surface area (Å²) in [4.78, 5) is 4.44. The molecule has 4 rings (SSSR count). The predicted octanol–water partition coefficient (Wildman–Crippen LogP) is 2.97. The van der Waals surface area contributed by atoms with E-state index in [0.29, 0.717) is 35.5 Å². The number of nitrogens with zero attached hydrogens (tertiary/aromatic N) is 3. The number of hydrogen-bond donors (Lipinski definition) is 2. The molecule has 28 heavy (non-hydrogen) atoms. The summed E-state index contributed by atoms with van der Waals surface area (Å²) in [6, 6.07) is 11.2. The molecule has 3 aromatic rings. The van der Waals surface area contributed by atoms with Gasteiger partial charge in [-0.05, 0) is 29.8 Å². The summed E-state index contributed by atoms with van der Waals surface area (Å²) in [7, 11) is 3.19. The second-order valence-corrected chi connectivity index (χ2v) is 5.90. The van der Waals surface area contributed by atoms with Gasteiger partial charge in [-0.15, -0.1) is 5.10 Å². The number of ether oxygens (including phenoxy) is 4. The zero-order valence-electron chi connectivity index (χ0n) is 15.4. The van der Waals surface area contributed by atoms with Crippen LogP contribution in [0.2, 0.25) is 0 Å². The van der Waals surface area contributed by atoms with Crippen LogP contribution in [0.5, 0.6) is 23.0 Å². The summed E-state index contributed by atoms with van der Waals surface area (Å²) in [5, 5.41) is 14.3. The van der Waals surface area contributed by atoms with E-state index >= 15 is 0 Å². The van der Waals surface area contributed by atoms with Crippen LogP contribution in [0.4, 0.5) is 17.5 Å². The second kappa shape index (κ2) is 7.87. The molecule has 2 N–H and O–H groups in total. The fourth-order valence-corrected chi connectivity index (χ4v) is 2.72. The number of methoxy groups -OCH3 is 2. The van der Waals surface area contributed by atoms with Gasteiger partial charge in [0.05, 0.1) is 26.1 Å². The number of anilines is 3. The summed E-state index contributed by atoms with van der Waals surface area (Å²) >= 11 is 0. The zero-order chi connectivity index (χ0) is 19.3. The van der Waals surface area contributed by atoms with Crippen LogP contribution in [0.1, 0.15) is 5.56 Å². The fraction of sp³-hybridized carbons (Fsp3) is 0.211. The monoisotopic (exact) mass is 381 g/mol. The molecule has 0 saturated heterocycles. The number of nitrogens with one attached hydrogen (secondary N) is 2. The van der Waals surface area contributed by atoms with Crippen molar-refractivity contribution >= 4 is 17.5 Å². The van der Waals surface area contributed by atoms with Crippen molar-refractivity contribution < 1.29 is 18.9 Å². The first kappa shape index (κ1) is 17.7. The minimum absolute atomic E-state index is 0.255. The molecule has 9 heteroatoms. The molecule has 0 aliphatic carbocycles. The Bertz CT molecular complexity index is 982. The van der Waals surface area contributed by atoms with Crippen LogP contribution in [0.3, 0.4) is 0 Å². The van der Waals surface area contributed by atoms with Gasteiger partial charge < -0.3 is 29.6 Å². The Labute approximate surface area is 161 Å². The molecule has 0 unspecified atom stereocenters. The van der Waals surface area contributed by atoms with E-state index < -0.39 is 0 Å². The zero-order valence-corrected chi connectivity index (χ0v) is 15.4. The first-order valence-corrected chi connectivity index (χ1v) is 8.56. The van der Waals surface area contributed by atoms with Gasteiger partial charge in [-0.25, -0.2) is 0 Å². The number of fused-ring (bicyclic) bond motifs is 1. The largest absolute Gasteiger partial charge is 0.497 e. The Morgan fingerprint density at radius 1 is 1.04 bits per heavy atom. The van der Waals surface area contributed by atoms with Gasteiger partial charge in [-0.2, -0.15) is 10.1 Å². The van der Waals surface area contributed by atoms with Gasteiger partial charge in [0.1, 0.15) is 11.5 Å². The van der Waals surface area contributed by atoms with Crippen LogP contribution in [0, 0.1) is 0 Å². The Morgan fingerprint density at radius 3 is 2.79 bits per heavy atom. The van der Waals surface area contributed by atoms with Gasteiger partial charge in [0.15, 0.2) is 17.3 Å². The molecule has 2 aromatic carbocycles. The summed E-state index contributed by atoms with van der Waals surface area (Å²) in [5.41, 5.74) is 1.71. The summed E-state index contributed by atoms with van der Waals surface area (Å²) in [5.74, 6) is 3.74. The Kier molecular flexibility index (Phi) is 4.96. The second-order valence-electron chi connectivity index (χ2n) is 5.90. The average Bonchev–Trinajstić information content (AvgIpc) is 3.20. The highest BCUT2D eigenvalue weighted by molar-refractivity contribution is 5.65. The Balaban J connectivity index is 1.46. The molecule has 0 spiro atoms. The fourth-order valence-electron chi connectivity index (χ4n) is 2.72. The maximum atomic E-state index is 5.40. The summed E-state index contributed by atoms with van der Waals surface area (Å²) in [6.45, 7) is 0.808. The lowest BCUT2D eigenvalue weighted by atomic mass is 10.2. The molecule has 0 saturated carbocycles. The van der Waals surface area contributed by atoms with Gasteiger partial charge in [0.25, 0.3) is 0 Å². The molecule has 2 heterocycles. The van der Waals surface area contributed by atoms with Crippen molar-refractivity contribution in [2.75, 3.05) is 31.6 Å². The third kappa shape index (κ3) is 3.83. The topological polar surface area (TPSA) is 99.7 Å². The van der Waals surface area contributed by atoms with Crippen LogP contribution in [0.25, 0.3) is 0 Å². The van der Waals surface area contributed by atoms with E-state index in [1.54, 1.807) is 32.5 Å². The minimum Gasteiger partial charge on any atom is -0.497 e. The average molecular weight is 381 g/mol. The summed E-state index contributed by atoms with van der Waals surface area (Å²) < 4.78 is 21.3. The van der Waals surface area contributed by atoms with Crippen LogP contribution < -0.4 is 29.6 Å². The van der Waals surface area contributed by atoms with Crippen LogP contribution in [-0.4, -0.2) is 36.2 Å². The maximum Gasteiger partial charge on any atom is 0.249 e. The SMILES string of the molecule is COc1ccc(OC)c(Nc2nncc(NCc3ccc4c(c3)OCO4)n2)c1. The van der Waals surface area contributed by atoms with Crippen LogP contribution >= 0.6 is 0 Å². The molecular weight excluding hydrogens is 362 g/mol. The van der Waals surface area contributed by atoms with E-state index in [1.165, 1.54) is 0 Å². The van der Waals surface area contributed by atoms with E-state index in [9.17, 15) is 0 Å². The van der Waals surface area contributed by atoms with Gasteiger partial charge in [0.2, 0.25) is 12.7 Å². The number of rotatable bonds is 7. The third-order valence-corrected chi connectivity index (χ3v) is 4.12. The molecule has 0 amide bonds. The molecule has 1 aliphatic heterocycles. The Morgan fingerprint density at radius 2 is 1.93 bits per heavy atom. The number of aromatic nitrogens is 3. The quantitative estimate of drug-likeness (QED) is 0.640. The van der Waals surface area contributed by atoms with Crippen molar-refractivity contribution in [2.24, 2.45) is 0 Å². The summed E-state index contributed by atoms with van der Waals surface area (Å²) in [6.07, 6.45) is 1.56. The van der Waals surface area contributed by atoms with Gasteiger partial charge in [-0.3, -0.25) is 0 Å². The van der Waals surface area contributed by atoms with E-state index in [0.717, 1.165) is 17.1 Å². The van der Waals surface area contributed by atoms with Crippen molar-refractivity contribution in [3.8, 4) is 23.0 Å². The minimum atomic E-state index is 0.255. The molecule has 0 bridgehead atoms. The highest BCUT2D eigenvalue weighted by atomic mass is 16.7. The molecule has 0 atom stereocenters. The normalized spacial score (nSPS) is 11.8. The molecule has 0 fully saturated rings.